The Morgan fingerprint density at radius 1 is 0.953 bits per heavy atom. The summed E-state index contributed by atoms with van der Waals surface area (Å²) in [6.45, 7) is 3.03. The zero-order chi connectivity index (χ0) is 31.7. The molecular formula is C31H37Cl2N3O6S. The van der Waals surface area contributed by atoms with Crippen LogP contribution < -0.4 is 19.1 Å². The van der Waals surface area contributed by atoms with Crippen LogP contribution in [0.3, 0.4) is 0 Å². The summed E-state index contributed by atoms with van der Waals surface area (Å²) < 4.78 is 37.9. The summed E-state index contributed by atoms with van der Waals surface area (Å²) in [7, 11) is -1.18. The van der Waals surface area contributed by atoms with Gasteiger partial charge >= 0.3 is 0 Å². The Hall–Kier alpha value is -3.47. The lowest BCUT2D eigenvalue weighted by molar-refractivity contribution is -0.140. The molecule has 0 saturated carbocycles. The number of amides is 2. The number of hydrogen-bond acceptors (Lipinski definition) is 6. The van der Waals surface area contributed by atoms with E-state index in [0.717, 1.165) is 16.1 Å². The van der Waals surface area contributed by atoms with Gasteiger partial charge in [0, 0.05) is 40.7 Å². The molecule has 2 amide bonds. The highest BCUT2D eigenvalue weighted by atomic mass is 35.5. The Bertz CT molecular complexity index is 1500. The molecule has 0 spiro atoms. The standard InChI is InChI=1S/C31H37Cl2N3O6S/c1-6-21(2)34-31(38)28(17-22-11-8-7-9-12-22)35(19-24-25(32)13-10-14-26(24)33)30(37)20-36(43(5,39)40)27-18-23(41-3)15-16-29(27)42-4/h7-16,18,21,28H,6,17,19-20H2,1-5H3,(H,34,38)/t21-,28+/m0/s1. The number of nitrogens with zero attached hydrogens (tertiary/aromatic N) is 2. The average Bonchev–Trinajstić information content (AvgIpc) is 2.98. The summed E-state index contributed by atoms with van der Waals surface area (Å²) >= 11 is 13.0. The van der Waals surface area contributed by atoms with Crippen molar-refractivity contribution in [3.8, 4) is 11.5 Å². The first-order valence-electron chi connectivity index (χ1n) is 13.7. The van der Waals surface area contributed by atoms with E-state index in [1.165, 1.54) is 25.2 Å². The van der Waals surface area contributed by atoms with Crippen LogP contribution in [0.1, 0.15) is 31.4 Å². The third kappa shape index (κ3) is 9.01. The van der Waals surface area contributed by atoms with Gasteiger partial charge in [0.2, 0.25) is 21.8 Å². The molecule has 3 aromatic carbocycles. The number of nitrogens with one attached hydrogen (secondary N) is 1. The molecule has 232 valence electrons. The topological polar surface area (TPSA) is 105 Å². The quantitative estimate of drug-likeness (QED) is 0.253. The molecule has 0 aliphatic carbocycles. The third-order valence-electron chi connectivity index (χ3n) is 7.00. The zero-order valence-corrected chi connectivity index (χ0v) is 27.2. The van der Waals surface area contributed by atoms with Gasteiger partial charge in [0.25, 0.3) is 0 Å². The highest BCUT2D eigenvalue weighted by Gasteiger charge is 2.35. The lowest BCUT2D eigenvalue weighted by atomic mass is 10.0. The molecule has 0 fully saturated rings. The molecule has 0 aromatic heterocycles. The first kappa shape index (κ1) is 34.0. The van der Waals surface area contributed by atoms with Crippen LogP contribution in [0.25, 0.3) is 0 Å². The van der Waals surface area contributed by atoms with Crippen LogP contribution in [-0.4, -0.2) is 64.2 Å². The number of hydrogen-bond donors (Lipinski definition) is 1. The molecule has 3 rings (SSSR count). The SMILES string of the molecule is CC[C@H](C)NC(=O)[C@@H](Cc1ccccc1)N(Cc1c(Cl)cccc1Cl)C(=O)CN(c1cc(OC)ccc1OC)S(C)(=O)=O. The molecule has 0 unspecified atom stereocenters. The Labute approximate surface area is 263 Å². The van der Waals surface area contributed by atoms with E-state index in [2.05, 4.69) is 5.32 Å². The van der Waals surface area contributed by atoms with E-state index in [-0.39, 0.29) is 36.4 Å². The summed E-state index contributed by atoms with van der Waals surface area (Å²) in [5.74, 6) is -0.451. The minimum atomic E-state index is -4.02. The Balaban J connectivity index is 2.16. The Morgan fingerprint density at radius 3 is 2.16 bits per heavy atom. The van der Waals surface area contributed by atoms with Gasteiger partial charge in [0.05, 0.1) is 26.2 Å². The van der Waals surface area contributed by atoms with Crippen LogP contribution >= 0.6 is 23.2 Å². The highest BCUT2D eigenvalue weighted by Crippen LogP contribution is 2.34. The van der Waals surface area contributed by atoms with Crippen molar-refractivity contribution in [2.24, 2.45) is 0 Å². The Kier molecular flexibility index (Phi) is 12.1. The van der Waals surface area contributed by atoms with E-state index in [1.54, 1.807) is 30.3 Å². The van der Waals surface area contributed by atoms with E-state index >= 15 is 0 Å². The van der Waals surface area contributed by atoms with Crippen LogP contribution in [0, 0.1) is 0 Å². The number of sulfonamides is 1. The first-order valence-corrected chi connectivity index (χ1v) is 16.3. The van der Waals surface area contributed by atoms with Gasteiger partial charge < -0.3 is 19.7 Å². The van der Waals surface area contributed by atoms with Gasteiger partial charge in [-0.15, -0.1) is 0 Å². The number of rotatable bonds is 14. The van der Waals surface area contributed by atoms with Gasteiger partial charge in [-0.25, -0.2) is 8.42 Å². The number of ether oxygens (including phenoxy) is 2. The minimum absolute atomic E-state index is 0.108. The molecule has 0 saturated heterocycles. The lowest BCUT2D eigenvalue weighted by Crippen LogP contribution is -2.54. The number of halogens is 2. The predicted octanol–water partition coefficient (Wildman–Crippen LogP) is 5.33. The second kappa shape index (κ2) is 15.3. The summed E-state index contributed by atoms with van der Waals surface area (Å²) in [5.41, 5.74) is 1.35. The molecular weight excluding hydrogens is 613 g/mol. The summed E-state index contributed by atoms with van der Waals surface area (Å²) in [4.78, 5) is 29.5. The van der Waals surface area contributed by atoms with E-state index in [4.69, 9.17) is 32.7 Å². The van der Waals surface area contributed by atoms with Crippen molar-refractivity contribution in [2.45, 2.75) is 45.3 Å². The van der Waals surface area contributed by atoms with Gasteiger partial charge in [-0.3, -0.25) is 13.9 Å². The maximum Gasteiger partial charge on any atom is 0.244 e. The normalized spacial score (nSPS) is 12.6. The molecule has 3 aromatic rings. The predicted molar refractivity (Wildman–Crippen MR) is 171 cm³/mol. The van der Waals surface area contributed by atoms with Gasteiger partial charge in [0.15, 0.2) is 0 Å². The summed E-state index contributed by atoms with van der Waals surface area (Å²) in [6, 6.07) is 17.7. The smallest absolute Gasteiger partial charge is 0.244 e. The van der Waals surface area contributed by atoms with E-state index in [1.807, 2.05) is 44.2 Å². The number of carbonyl (C=O) groups excluding carboxylic acids is 2. The second-order valence-electron chi connectivity index (χ2n) is 10.1. The van der Waals surface area contributed by atoms with Crippen molar-refractivity contribution < 1.29 is 27.5 Å². The molecule has 43 heavy (non-hydrogen) atoms. The van der Waals surface area contributed by atoms with E-state index in [0.29, 0.717) is 27.8 Å². The molecule has 0 heterocycles. The van der Waals surface area contributed by atoms with Crippen molar-refractivity contribution in [3.63, 3.8) is 0 Å². The molecule has 0 radical (unpaired) electrons. The van der Waals surface area contributed by atoms with Gasteiger partial charge in [0.1, 0.15) is 24.1 Å². The molecule has 9 nitrogen and oxygen atoms in total. The fourth-order valence-electron chi connectivity index (χ4n) is 4.44. The van der Waals surface area contributed by atoms with Crippen LogP contribution in [-0.2, 0) is 32.6 Å². The summed E-state index contributed by atoms with van der Waals surface area (Å²) in [5, 5.41) is 3.59. The van der Waals surface area contributed by atoms with Gasteiger partial charge in [-0.1, -0.05) is 66.5 Å². The first-order chi connectivity index (χ1) is 20.4. The number of methoxy groups -OCH3 is 2. The fraction of sp³-hybridized carbons (Fsp3) is 0.355. The number of anilines is 1. The largest absolute Gasteiger partial charge is 0.497 e. The van der Waals surface area contributed by atoms with Crippen LogP contribution in [0.4, 0.5) is 5.69 Å². The van der Waals surface area contributed by atoms with Crippen LogP contribution in [0.15, 0.2) is 66.7 Å². The monoisotopic (exact) mass is 649 g/mol. The van der Waals surface area contributed by atoms with Gasteiger partial charge in [-0.2, -0.15) is 0 Å². The van der Waals surface area contributed by atoms with Crippen molar-refractivity contribution in [3.05, 3.63) is 87.9 Å². The molecule has 0 aliphatic rings. The molecule has 0 aliphatic heterocycles. The van der Waals surface area contributed by atoms with Gasteiger partial charge in [-0.05, 0) is 43.2 Å². The maximum absolute atomic E-state index is 14.3. The average molecular weight is 651 g/mol. The second-order valence-corrected chi connectivity index (χ2v) is 12.8. The van der Waals surface area contributed by atoms with Crippen molar-refractivity contribution in [1.29, 1.82) is 0 Å². The molecule has 0 bridgehead atoms. The highest BCUT2D eigenvalue weighted by molar-refractivity contribution is 7.92. The third-order valence-corrected chi connectivity index (χ3v) is 8.83. The van der Waals surface area contributed by atoms with Crippen molar-refractivity contribution >= 4 is 50.7 Å². The fourth-order valence-corrected chi connectivity index (χ4v) is 5.80. The van der Waals surface area contributed by atoms with Crippen LogP contribution in [0.2, 0.25) is 10.0 Å². The number of benzene rings is 3. The van der Waals surface area contributed by atoms with Crippen LogP contribution in [0.5, 0.6) is 11.5 Å². The number of carbonyl (C=O) groups is 2. The van der Waals surface area contributed by atoms with Crippen molar-refractivity contribution in [1.82, 2.24) is 10.2 Å². The zero-order valence-electron chi connectivity index (χ0n) is 24.8. The lowest BCUT2D eigenvalue weighted by Gasteiger charge is -2.34. The molecule has 1 N–H and O–H groups in total. The van der Waals surface area contributed by atoms with Crippen molar-refractivity contribution in [2.75, 3.05) is 31.3 Å². The van der Waals surface area contributed by atoms with E-state index in [9.17, 15) is 18.0 Å². The molecule has 2 atom stereocenters. The summed E-state index contributed by atoms with van der Waals surface area (Å²) in [6.07, 6.45) is 1.83. The maximum atomic E-state index is 14.3. The minimum Gasteiger partial charge on any atom is -0.497 e. The molecule has 12 heteroatoms. The Morgan fingerprint density at radius 2 is 1.60 bits per heavy atom. The van der Waals surface area contributed by atoms with E-state index < -0.39 is 28.5 Å².